The molecule has 0 spiro atoms. The zero-order valence-electron chi connectivity index (χ0n) is 2.94. The summed E-state index contributed by atoms with van der Waals surface area (Å²) in [5, 5.41) is 0. The predicted octanol–water partition coefficient (Wildman–Crippen LogP) is 0.186. The van der Waals surface area contributed by atoms with Crippen LogP contribution in [-0.4, -0.2) is 11.8 Å². The van der Waals surface area contributed by atoms with Crippen LogP contribution in [0.5, 0.6) is 0 Å². The van der Waals surface area contributed by atoms with Crippen molar-refractivity contribution in [3.63, 3.8) is 0 Å². The molecule has 0 bridgehead atoms. The summed E-state index contributed by atoms with van der Waals surface area (Å²) in [7, 11) is 0. The monoisotopic (exact) mass is 125 g/mol. The third-order valence-corrected chi connectivity index (χ3v) is 0.738. The second-order valence-corrected chi connectivity index (χ2v) is 1.16. The summed E-state index contributed by atoms with van der Waals surface area (Å²) >= 11 is 8.40. The number of alkyl halides is 1. The van der Waals surface area contributed by atoms with E-state index in [4.69, 9.17) is 11.6 Å². The van der Waals surface area contributed by atoms with E-state index in [1.165, 1.54) is 0 Å². The number of rotatable bonds is 1. The van der Waals surface area contributed by atoms with Crippen molar-refractivity contribution in [2.45, 2.75) is 0 Å². The topological polar surface area (TPSA) is 29.1 Å². The maximum atomic E-state index is 9.86. The van der Waals surface area contributed by atoms with Crippen LogP contribution in [0.4, 0.5) is 0 Å². The fourth-order valence-electron chi connectivity index (χ4n) is 0.0299. The lowest BCUT2D eigenvalue weighted by Gasteiger charge is -1.84. The molecule has 0 aliphatic heterocycles. The number of thiol groups is 1. The van der Waals surface area contributed by atoms with Gasteiger partial charge in [0.15, 0.2) is 0 Å². The van der Waals surface area contributed by atoms with E-state index >= 15 is 0 Å². The molecule has 0 aromatic heterocycles. The van der Waals surface area contributed by atoms with Gasteiger partial charge < -0.3 is 4.72 Å². The zero-order valence-corrected chi connectivity index (χ0v) is 4.59. The molecule has 0 unspecified atom stereocenters. The van der Waals surface area contributed by atoms with Gasteiger partial charge in [0, 0.05) is 0 Å². The molecule has 2 nitrogen and oxygen atoms in total. The van der Waals surface area contributed by atoms with Gasteiger partial charge in [-0.15, -0.1) is 11.6 Å². The summed E-state index contributed by atoms with van der Waals surface area (Å²) in [5.41, 5.74) is 0. The highest BCUT2D eigenvalue weighted by molar-refractivity contribution is 7.78. The van der Waals surface area contributed by atoms with Gasteiger partial charge in [0.2, 0.25) is 5.91 Å². The van der Waals surface area contributed by atoms with Crippen LogP contribution in [0.3, 0.4) is 0 Å². The largest absolute Gasteiger partial charge is 0.302 e. The third kappa shape index (κ3) is 2.35. The van der Waals surface area contributed by atoms with Gasteiger partial charge in [-0.2, -0.15) is 0 Å². The molecule has 0 fully saturated rings. The zero-order chi connectivity index (χ0) is 4.99. The van der Waals surface area contributed by atoms with Crippen molar-refractivity contribution in [2.75, 3.05) is 5.88 Å². The van der Waals surface area contributed by atoms with Crippen LogP contribution >= 0.6 is 24.4 Å². The van der Waals surface area contributed by atoms with Crippen LogP contribution in [-0.2, 0) is 4.79 Å². The Balaban J connectivity index is 2.99. The van der Waals surface area contributed by atoms with Crippen LogP contribution in [0.1, 0.15) is 0 Å². The smallest absolute Gasteiger partial charge is 0.244 e. The standard InChI is InChI=1S/C2H4ClNOS/c3-1-2(5)4-6/h6H,1H2,(H,4,5). The summed E-state index contributed by atoms with van der Waals surface area (Å²) < 4.78 is 2.04. The molecule has 0 saturated heterocycles. The molecular formula is C2H4ClNOS. The van der Waals surface area contributed by atoms with Gasteiger partial charge in [-0.25, -0.2) is 0 Å². The highest BCUT2D eigenvalue weighted by Gasteiger charge is 1.87. The lowest BCUT2D eigenvalue weighted by Crippen LogP contribution is -2.12. The van der Waals surface area contributed by atoms with Crippen molar-refractivity contribution in [2.24, 2.45) is 0 Å². The molecule has 4 heteroatoms. The molecule has 0 saturated carbocycles. The Morgan fingerprint density at radius 3 is 2.50 bits per heavy atom. The van der Waals surface area contributed by atoms with Crippen LogP contribution in [0, 0.1) is 0 Å². The molecule has 1 amide bonds. The van der Waals surface area contributed by atoms with Gasteiger partial charge in [0.25, 0.3) is 0 Å². The molecule has 0 rings (SSSR count). The first-order valence-corrected chi connectivity index (χ1v) is 2.28. The number of hydrogen-bond donors (Lipinski definition) is 2. The van der Waals surface area contributed by atoms with E-state index in [2.05, 4.69) is 12.8 Å². The quantitative estimate of drug-likeness (QED) is 0.380. The van der Waals surface area contributed by atoms with Crippen LogP contribution in [0.2, 0.25) is 0 Å². The Morgan fingerprint density at radius 1 is 2.00 bits per heavy atom. The van der Waals surface area contributed by atoms with Gasteiger partial charge in [-0.3, -0.25) is 4.79 Å². The number of halogens is 1. The van der Waals surface area contributed by atoms with Gasteiger partial charge in [0.1, 0.15) is 5.88 Å². The summed E-state index contributed by atoms with van der Waals surface area (Å²) in [5.74, 6) is -0.302. The summed E-state index contributed by atoms with van der Waals surface area (Å²) in [4.78, 5) is 9.86. The lowest BCUT2D eigenvalue weighted by molar-refractivity contribution is -0.116. The fraction of sp³-hybridized carbons (Fsp3) is 0.500. The Hall–Kier alpha value is 0.110. The average molecular weight is 126 g/mol. The minimum atomic E-state index is -0.278. The molecular weight excluding hydrogens is 122 g/mol. The maximum Gasteiger partial charge on any atom is 0.244 e. The first kappa shape index (κ1) is 6.11. The molecule has 0 radical (unpaired) electrons. The Kier molecular flexibility index (Phi) is 3.37. The van der Waals surface area contributed by atoms with E-state index in [-0.39, 0.29) is 11.8 Å². The van der Waals surface area contributed by atoms with Crippen LogP contribution in [0.25, 0.3) is 0 Å². The number of carbonyl (C=O) groups excluding carboxylic acids is 1. The molecule has 6 heavy (non-hydrogen) atoms. The van der Waals surface area contributed by atoms with E-state index in [9.17, 15) is 4.79 Å². The second kappa shape index (κ2) is 3.31. The molecule has 0 atom stereocenters. The van der Waals surface area contributed by atoms with Crippen molar-refractivity contribution >= 4 is 30.3 Å². The van der Waals surface area contributed by atoms with E-state index in [0.717, 1.165) is 0 Å². The van der Waals surface area contributed by atoms with E-state index in [1.54, 1.807) is 0 Å². The van der Waals surface area contributed by atoms with E-state index in [0.29, 0.717) is 0 Å². The van der Waals surface area contributed by atoms with Crippen molar-refractivity contribution < 1.29 is 4.79 Å². The average Bonchev–Trinajstić information content (AvgIpc) is 1.65. The van der Waals surface area contributed by atoms with Gasteiger partial charge in [-0.1, -0.05) is 12.8 Å². The van der Waals surface area contributed by atoms with Crippen LogP contribution in [0.15, 0.2) is 0 Å². The molecule has 0 heterocycles. The number of hydrogen-bond acceptors (Lipinski definition) is 2. The fourth-order valence-corrected chi connectivity index (χ4v) is 0.269. The normalized spacial score (nSPS) is 7.67. The SMILES string of the molecule is O=C(CCl)NS. The number of amides is 1. The minimum absolute atomic E-state index is 0.0243. The maximum absolute atomic E-state index is 9.86. The second-order valence-electron chi connectivity index (χ2n) is 0.669. The summed E-state index contributed by atoms with van der Waals surface area (Å²) in [6.07, 6.45) is 0. The number of nitrogens with one attached hydrogen (secondary N) is 1. The van der Waals surface area contributed by atoms with Gasteiger partial charge in [0.05, 0.1) is 0 Å². The minimum Gasteiger partial charge on any atom is -0.302 e. The van der Waals surface area contributed by atoms with E-state index < -0.39 is 0 Å². The van der Waals surface area contributed by atoms with Crippen molar-refractivity contribution in [1.29, 1.82) is 0 Å². The highest BCUT2D eigenvalue weighted by atomic mass is 35.5. The summed E-state index contributed by atoms with van der Waals surface area (Å²) in [6.45, 7) is 0. The Morgan fingerprint density at radius 2 is 2.50 bits per heavy atom. The van der Waals surface area contributed by atoms with Crippen molar-refractivity contribution in [3.8, 4) is 0 Å². The van der Waals surface area contributed by atoms with Crippen molar-refractivity contribution in [3.05, 3.63) is 0 Å². The predicted molar refractivity (Wildman–Crippen MR) is 27.8 cm³/mol. The third-order valence-electron chi connectivity index (χ3n) is 0.246. The summed E-state index contributed by atoms with van der Waals surface area (Å²) in [6, 6.07) is 0. The molecule has 0 aromatic rings. The lowest BCUT2D eigenvalue weighted by atomic mass is 10.8. The molecule has 36 valence electrons. The molecule has 0 aliphatic carbocycles. The first-order valence-electron chi connectivity index (χ1n) is 1.30. The van der Waals surface area contributed by atoms with Crippen molar-refractivity contribution in [1.82, 2.24) is 4.72 Å². The highest BCUT2D eigenvalue weighted by Crippen LogP contribution is 1.72. The Labute approximate surface area is 46.4 Å². The van der Waals surface area contributed by atoms with E-state index in [1.807, 2.05) is 4.72 Å². The molecule has 0 aliphatic rings. The molecule has 1 N–H and O–H groups in total. The van der Waals surface area contributed by atoms with Crippen LogP contribution < -0.4 is 4.72 Å². The van der Waals surface area contributed by atoms with Gasteiger partial charge in [-0.05, 0) is 0 Å². The van der Waals surface area contributed by atoms with Gasteiger partial charge >= 0.3 is 0 Å². The first-order chi connectivity index (χ1) is 2.81. The molecule has 0 aromatic carbocycles. The Bertz CT molecular complexity index is 51.5. The number of carbonyl (C=O) groups is 1.